The number of ether oxygens (including phenoxy) is 3. The molecule has 0 saturated carbocycles. The maximum Gasteiger partial charge on any atom is 0.414 e. The van der Waals surface area contributed by atoms with Crippen LogP contribution in [0.2, 0.25) is 0 Å². The summed E-state index contributed by atoms with van der Waals surface area (Å²) < 4.78 is 81.5. The summed E-state index contributed by atoms with van der Waals surface area (Å²) in [6.07, 6.45) is -8.59. The molecule has 9 heteroatoms. The van der Waals surface area contributed by atoms with E-state index in [-0.39, 0.29) is 12.2 Å². The van der Waals surface area contributed by atoms with E-state index in [4.69, 9.17) is 14.2 Å². The first kappa shape index (κ1) is 19.4. The standard InChI is InChI=1S/C16H17F5O4/c1-4-24-15(22)13-10(7(2)14(25-13)16(19,20)21)8-5-6-9(17)11(18)12(8)23-3/h5-7,10,13-14H,4H2,1-3H3/t7-,10-,13-,14+/m0/s1. The van der Waals surface area contributed by atoms with Crippen LogP contribution in [0.5, 0.6) is 5.75 Å². The van der Waals surface area contributed by atoms with Gasteiger partial charge < -0.3 is 14.2 Å². The SMILES string of the molecule is CCOC(=O)[C@H]1O[C@@H](C(F)(F)F)[C@@H](C)[C@H]1c1ccc(F)c(F)c1OC. The van der Waals surface area contributed by atoms with E-state index in [0.717, 1.165) is 19.2 Å². The Morgan fingerprint density at radius 3 is 2.44 bits per heavy atom. The Morgan fingerprint density at radius 1 is 1.28 bits per heavy atom. The molecule has 2 rings (SSSR count). The number of halogens is 5. The highest BCUT2D eigenvalue weighted by molar-refractivity contribution is 5.77. The van der Waals surface area contributed by atoms with Gasteiger partial charge >= 0.3 is 12.1 Å². The summed E-state index contributed by atoms with van der Waals surface area (Å²) in [5.74, 6) is -6.57. The molecule has 0 radical (unpaired) electrons. The van der Waals surface area contributed by atoms with Crippen molar-refractivity contribution in [3.05, 3.63) is 29.3 Å². The van der Waals surface area contributed by atoms with Crippen LogP contribution in [0.3, 0.4) is 0 Å². The molecule has 25 heavy (non-hydrogen) atoms. The predicted octanol–water partition coefficient (Wildman–Crippen LogP) is 3.59. The normalized spacial score (nSPS) is 26.6. The van der Waals surface area contributed by atoms with E-state index in [2.05, 4.69) is 0 Å². The van der Waals surface area contributed by atoms with Gasteiger partial charge in [0.05, 0.1) is 13.7 Å². The Labute approximate surface area is 140 Å². The number of methoxy groups -OCH3 is 1. The zero-order chi connectivity index (χ0) is 18.9. The molecule has 4 atom stereocenters. The number of esters is 1. The van der Waals surface area contributed by atoms with Crippen LogP contribution in [0, 0.1) is 17.6 Å². The Balaban J connectivity index is 2.54. The van der Waals surface area contributed by atoms with E-state index < -0.39 is 53.6 Å². The first-order valence-electron chi connectivity index (χ1n) is 7.54. The Kier molecular flexibility index (Phi) is 5.55. The second-order valence-electron chi connectivity index (χ2n) is 5.64. The van der Waals surface area contributed by atoms with E-state index in [1.807, 2.05) is 0 Å². The highest BCUT2D eigenvalue weighted by Gasteiger charge is 2.57. The van der Waals surface area contributed by atoms with Gasteiger partial charge in [-0.25, -0.2) is 9.18 Å². The van der Waals surface area contributed by atoms with Crippen molar-refractivity contribution in [2.24, 2.45) is 5.92 Å². The van der Waals surface area contributed by atoms with Crippen LogP contribution >= 0.6 is 0 Å². The lowest BCUT2D eigenvalue weighted by atomic mass is 9.82. The molecule has 0 aromatic heterocycles. The summed E-state index contributed by atoms with van der Waals surface area (Å²) >= 11 is 0. The Hall–Kier alpha value is -1.90. The molecule has 1 aliphatic heterocycles. The number of alkyl halides is 3. The third-order valence-electron chi connectivity index (χ3n) is 4.15. The van der Waals surface area contributed by atoms with Crippen LogP contribution in [0.4, 0.5) is 22.0 Å². The minimum atomic E-state index is -4.73. The number of carbonyl (C=O) groups excluding carboxylic acids is 1. The lowest BCUT2D eigenvalue weighted by molar-refractivity contribution is -0.224. The van der Waals surface area contributed by atoms with Crippen molar-refractivity contribution in [3.8, 4) is 5.75 Å². The zero-order valence-corrected chi connectivity index (χ0v) is 13.7. The van der Waals surface area contributed by atoms with E-state index in [9.17, 15) is 26.7 Å². The van der Waals surface area contributed by atoms with Crippen molar-refractivity contribution in [3.63, 3.8) is 0 Å². The largest absolute Gasteiger partial charge is 0.493 e. The van der Waals surface area contributed by atoms with Crippen LogP contribution in [0.15, 0.2) is 12.1 Å². The topological polar surface area (TPSA) is 44.8 Å². The summed E-state index contributed by atoms with van der Waals surface area (Å²) in [6.45, 7) is 2.65. The van der Waals surface area contributed by atoms with Crippen molar-refractivity contribution in [2.45, 2.75) is 38.1 Å². The molecule has 0 bridgehead atoms. The van der Waals surface area contributed by atoms with E-state index in [0.29, 0.717) is 0 Å². The van der Waals surface area contributed by atoms with Gasteiger partial charge in [-0.15, -0.1) is 0 Å². The van der Waals surface area contributed by atoms with Crippen LogP contribution in [-0.4, -0.2) is 38.1 Å². The van der Waals surface area contributed by atoms with Gasteiger partial charge in [0.15, 0.2) is 23.8 Å². The Bertz CT molecular complexity index is 646. The molecule has 1 aromatic rings. The van der Waals surface area contributed by atoms with Gasteiger partial charge in [0, 0.05) is 17.4 Å². The highest BCUT2D eigenvalue weighted by Crippen LogP contribution is 2.48. The number of hydrogen-bond donors (Lipinski definition) is 0. The van der Waals surface area contributed by atoms with Gasteiger partial charge in [0.2, 0.25) is 5.82 Å². The summed E-state index contributed by atoms with van der Waals surface area (Å²) in [7, 11) is 1.06. The fourth-order valence-corrected chi connectivity index (χ4v) is 3.10. The van der Waals surface area contributed by atoms with Gasteiger partial charge in [-0.05, 0) is 13.0 Å². The third-order valence-corrected chi connectivity index (χ3v) is 4.15. The molecular weight excluding hydrogens is 351 g/mol. The molecule has 4 nitrogen and oxygen atoms in total. The van der Waals surface area contributed by atoms with Crippen LogP contribution in [0.1, 0.15) is 25.3 Å². The van der Waals surface area contributed by atoms with Gasteiger partial charge in [0.1, 0.15) is 0 Å². The average Bonchev–Trinajstić information content (AvgIpc) is 2.87. The van der Waals surface area contributed by atoms with E-state index in [1.54, 1.807) is 0 Å². The molecule has 0 unspecified atom stereocenters. The molecule has 0 spiro atoms. The van der Waals surface area contributed by atoms with Gasteiger partial charge in [0.25, 0.3) is 0 Å². The minimum Gasteiger partial charge on any atom is -0.493 e. The van der Waals surface area contributed by atoms with E-state index in [1.165, 1.54) is 13.8 Å². The van der Waals surface area contributed by atoms with Crippen molar-refractivity contribution in [1.29, 1.82) is 0 Å². The molecule has 1 heterocycles. The summed E-state index contributed by atoms with van der Waals surface area (Å²) in [5.41, 5.74) is -0.0845. The lowest BCUT2D eigenvalue weighted by Gasteiger charge is -2.23. The quantitative estimate of drug-likeness (QED) is 0.602. The lowest BCUT2D eigenvalue weighted by Crippen LogP contribution is -2.34. The van der Waals surface area contributed by atoms with Crippen molar-refractivity contribution in [2.75, 3.05) is 13.7 Å². The van der Waals surface area contributed by atoms with E-state index >= 15 is 0 Å². The first-order chi connectivity index (χ1) is 11.6. The first-order valence-corrected chi connectivity index (χ1v) is 7.54. The average molecular weight is 368 g/mol. The summed E-state index contributed by atoms with van der Waals surface area (Å²) in [5, 5.41) is 0. The number of rotatable bonds is 4. The number of benzene rings is 1. The van der Waals surface area contributed by atoms with Crippen molar-refractivity contribution < 1.29 is 41.0 Å². The fraction of sp³-hybridized carbons (Fsp3) is 0.562. The highest BCUT2D eigenvalue weighted by atomic mass is 19.4. The van der Waals surface area contributed by atoms with Crippen LogP contribution in [-0.2, 0) is 14.3 Å². The van der Waals surface area contributed by atoms with Crippen molar-refractivity contribution in [1.82, 2.24) is 0 Å². The fourth-order valence-electron chi connectivity index (χ4n) is 3.10. The molecule has 0 aliphatic carbocycles. The summed E-state index contributed by atoms with van der Waals surface area (Å²) in [6, 6.07) is 1.86. The number of carbonyl (C=O) groups is 1. The second kappa shape index (κ2) is 7.15. The number of hydrogen-bond acceptors (Lipinski definition) is 4. The van der Waals surface area contributed by atoms with Gasteiger partial charge in [-0.3, -0.25) is 0 Å². The maximum absolute atomic E-state index is 14.0. The molecule has 1 fully saturated rings. The van der Waals surface area contributed by atoms with Gasteiger partial charge in [-0.2, -0.15) is 17.6 Å². The molecule has 1 saturated heterocycles. The van der Waals surface area contributed by atoms with Crippen LogP contribution < -0.4 is 4.74 Å². The summed E-state index contributed by atoms with van der Waals surface area (Å²) in [4.78, 5) is 12.1. The van der Waals surface area contributed by atoms with Gasteiger partial charge in [-0.1, -0.05) is 13.0 Å². The molecule has 0 N–H and O–H groups in total. The van der Waals surface area contributed by atoms with Crippen molar-refractivity contribution >= 4 is 5.97 Å². The second-order valence-corrected chi connectivity index (χ2v) is 5.64. The predicted molar refractivity (Wildman–Crippen MR) is 76.2 cm³/mol. The Morgan fingerprint density at radius 2 is 1.92 bits per heavy atom. The monoisotopic (exact) mass is 368 g/mol. The van der Waals surface area contributed by atoms with Crippen LogP contribution in [0.25, 0.3) is 0 Å². The molecule has 1 aromatic carbocycles. The zero-order valence-electron chi connectivity index (χ0n) is 13.7. The maximum atomic E-state index is 14.0. The molecule has 0 amide bonds. The molecule has 140 valence electrons. The third kappa shape index (κ3) is 3.56. The molecular formula is C16H17F5O4. The molecule has 1 aliphatic rings. The smallest absolute Gasteiger partial charge is 0.414 e. The minimum absolute atomic E-state index is 0.0641.